The molecule has 0 aliphatic heterocycles. The van der Waals surface area contributed by atoms with Crippen LogP contribution in [0.4, 0.5) is 15.8 Å². The van der Waals surface area contributed by atoms with E-state index in [9.17, 15) is 9.18 Å². The van der Waals surface area contributed by atoms with Crippen molar-refractivity contribution in [2.24, 2.45) is 0 Å². The number of carbonyl (C=O) groups is 1. The summed E-state index contributed by atoms with van der Waals surface area (Å²) in [5, 5.41) is 0. The van der Waals surface area contributed by atoms with Gasteiger partial charge in [0.25, 0.3) is 0 Å². The summed E-state index contributed by atoms with van der Waals surface area (Å²) in [7, 11) is 1.62. The maximum Gasteiger partial charge on any atom is 0.213 e. The minimum atomic E-state index is -0.245. The minimum Gasteiger partial charge on any atom is -0.481 e. The Kier molecular flexibility index (Phi) is 11.9. The fourth-order valence-corrected chi connectivity index (χ4v) is 3.34. The largest absolute Gasteiger partial charge is 0.481 e. The highest BCUT2D eigenvalue weighted by molar-refractivity contribution is 6.00. The Morgan fingerprint density at radius 1 is 1.03 bits per heavy atom. The van der Waals surface area contributed by atoms with Gasteiger partial charge in [-0.3, -0.25) is 9.78 Å². The molecule has 2 heterocycles. The number of ketones is 1. The van der Waals surface area contributed by atoms with E-state index >= 15 is 0 Å². The van der Waals surface area contributed by atoms with Gasteiger partial charge in [0.1, 0.15) is 5.82 Å². The fourth-order valence-electron chi connectivity index (χ4n) is 3.34. The third-order valence-corrected chi connectivity index (χ3v) is 5.25. The molecule has 1 aromatic carbocycles. The van der Waals surface area contributed by atoms with Gasteiger partial charge in [0.2, 0.25) is 5.88 Å². The van der Waals surface area contributed by atoms with E-state index in [1.165, 1.54) is 11.6 Å². The number of Topliss-reactive ketones (excluding diaryl/α,β-unsaturated/α-hetero) is 1. The zero-order valence-corrected chi connectivity index (χ0v) is 22.0. The Morgan fingerprint density at radius 2 is 1.71 bits per heavy atom. The molecule has 6 heteroatoms. The number of halogens is 1. The molecule has 5 nitrogen and oxygen atoms in total. The molecular formula is C28H38FN3O2. The highest BCUT2D eigenvalue weighted by atomic mass is 19.1. The fraction of sp³-hybridized carbons (Fsp3) is 0.393. The van der Waals surface area contributed by atoms with Gasteiger partial charge in [0.05, 0.1) is 19.0 Å². The van der Waals surface area contributed by atoms with Crippen LogP contribution >= 0.6 is 0 Å². The zero-order valence-electron chi connectivity index (χ0n) is 22.0. The number of ether oxygens (including phenoxy) is 1. The van der Waals surface area contributed by atoms with Crippen molar-refractivity contribution in [1.29, 1.82) is 0 Å². The Morgan fingerprint density at radius 3 is 2.24 bits per heavy atom. The molecule has 34 heavy (non-hydrogen) atoms. The van der Waals surface area contributed by atoms with Crippen LogP contribution < -0.4 is 9.64 Å². The molecule has 0 unspecified atom stereocenters. The molecule has 0 N–H and O–H groups in total. The van der Waals surface area contributed by atoms with Crippen molar-refractivity contribution in [2.45, 2.75) is 61.8 Å². The first kappa shape index (κ1) is 28.8. The van der Waals surface area contributed by atoms with E-state index in [-0.39, 0.29) is 11.6 Å². The quantitative estimate of drug-likeness (QED) is 0.359. The second-order valence-corrected chi connectivity index (χ2v) is 7.53. The molecule has 0 saturated carbocycles. The van der Waals surface area contributed by atoms with Gasteiger partial charge < -0.3 is 9.64 Å². The number of benzene rings is 1. The van der Waals surface area contributed by atoms with Gasteiger partial charge in [-0.2, -0.15) is 0 Å². The predicted molar refractivity (Wildman–Crippen MR) is 139 cm³/mol. The number of carbonyl (C=O) groups excluding carboxylic acids is 1. The number of nitrogens with zero attached hydrogens (tertiary/aromatic N) is 3. The summed E-state index contributed by atoms with van der Waals surface area (Å²) < 4.78 is 18.4. The van der Waals surface area contributed by atoms with E-state index in [0.29, 0.717) is 18.0 Å². The first-order valence-electron chi connectivity index (χ1n) is 11.7. The van der Waals surface area contributed by atoms with Gasteiger partial charge in [-0.05, 0) is 76.4 Å². The molecular weight excluding hydrogens is 429 g/mol. The number of aromatic nitrogens is 2. The average Bonchev–Trinajstić information content (AvgIpc) is 2.84. The number of anilines is 2. The van der Waals surface area contributed by atoms with Crippen molar-refractivity contribution in [3.05, 3.63) is 76.5 Å². The summed E-state index contributed by atoms with van der Waals surface area (Å²) in [5.41, 5.74) is 6.26. The van der Waals surface area contributed by atoms with E-state index in [4.69, 9.17) is 4.74 Å². The molecule has 3 aromatic rings. The van der Waals surface area contributed by atoms with Crippen molar-refractivity contribution in [3.8, 4) is 5.88 Å². The highest BCUT2D eigenvalue weighted by Gasteiger charge is 2.18. The maximum atomic E-state index is 13.5. The van der Waals surface area contributed by atoms with Gasteiger partial charge in [-0.1, -0.05) is 26.8 Å². The number of aryl methyl sites for hydroxylation is 4. The van der Waals surface area contributed by atoms with E-state index in [1.807, 2.05) is 65.5 Å². The standard InChI is InChI=1S/C18H21FN2O.C8H11NO.C2H6/c1-5-14-10-15(19)7-8-17(14)21(6-2)18-11-20-12(3)9-16(18)13(4)22;1-6-4-5-8(10-3)9-7(6)2;1-2/h7-11H,5-6H2,1-4H3;4-5H,1-3H3;1-2H3. The van der Waals surface area contributed by atoms with Crippen molar-refractivity contribution < 1.29 is 13.9 Å². The van der Waals surface area contributed by atoms with Crippen LogP contribution in [0.3, 0.4) is 0 Å². The number of hydrogen-bond acceptors (Lipinski definition) is 5. The third kappa shape index (κ3) is 7.65. The molecule has 184 valence electrons. The van der Waals surface area contributed by atoms with Gasteiger partial charge >= 0.3 is 0 Å². The van der Waals surface area contributed by atoms with Crippen molar-refractivity contribution in [1.82, 2.24) is 9.97 Å². The Hall–Kier alpha value is -3.28. The van der Waals surface area contributed by atoms with Crippen LogP contribution in [0.1, 0.15) is 67.5 Å². The number of hydrogen-bond donors (Lipinski definition) is 0. The van der Waals surface area contributed by atoms with Crippen molar-refractivity contribution in [3.63, 3.8) is 0 Å². The lowest BCUT2D eigenvalue weighted by Gasteiger charge is -2.27. The van der Waals surface area contributed by atoms with Gasteiger partial charge in [-0.25, -0.2) is 9.37 Å². The molecule has 0 atom stereocenters. The number of rotatable bonds is 6. The lowest BCUT2D eigenvalue weighted by atomic mass is 10.1. The van der Waals surface area contributed by atoms with Crippen LogP contribution in [-0.2, 0) is 6.42 Å². The van der Waals surface area contributed by atoms with E-state index in [2.05, 4.69) is 9.97 Å². The Bertz CT molecular complexity index is 1080. The van der Waals surface area contributed by atoms with Gasteiger partial charge in [0.15, 0.2) is 5.78 Å². The smallest absolute Gasteiger partial charge is 0.213 e. The molecule has 0 aliphatic rings. The first-order valence-corrected chi connectivity index (χ1v) is 11.7. The number of methoxy groups -OCH3 is 1. The molecule has 0 aliphatic carbocycles. The predicted octanol–water partition coefficient (Wildman–Crippen LogP) is 7.19. The molecule has 0 radical (unpaired) electrons. The molecule has 2 aromatic heterocycles. The van der Waals surface area contributed by atoms with Crippen molar-refractivity contribution >= 4 is 17.2 Å². The van der Waals surface area contributed by atoms with Crippen LogP contribution in [0.25, 0.3) is 0 Å². The maximum absolute atomic E-state index is 13.5. The summed E-state index contributed by atoms with van der Waals surface area (Å²) in [4.78, 5) is 22.5. The van der Waals surface area contributed by atoms with Gasteiger partial charge in [-0.15, -0.1) is 0 Å². The average molecular weight is 468 g/mol. The van der Waals surface area contributed by atoms with E-state index in [0.717, 1.165) is 34.7 Å². The molecule has 0 fully saturated rings. The van der Waals surface area contributed by atoms with Gasteiger partial charge in [0, 0.05) is 35.2 Å². The minimum absolute atomic E-state index is 0.000824. The third-order valence-electron chi connectivity index (χ3n) is 5.25. The zero-order chi connectivity index (χ0) is 25.8. The van der Waals surface area contributed by atoms with Crippen molar-refractivity contribution in [2.75, 3.05) is 18.6 Å². The SMILES string of the molecule is CC.CCc1cc(F)ccc1N(CC)c1cnc(C)cc1C(C)=O.COc1ccc(C)c(C)n1. The normalized spacial score (nSPS) is 9.82. The summed E-state index contributed by atoms with van der Waals surface area (Å²) in [6.45, 7) is 16.1. The second kappa shape index (κ2) is 14.1. The van der Waals surface area contributed by atoms with Crippen LogP contribution in [0.15, 0.2) is 42.6 Å². The first-order chi connectivity index (χ1) is 16.2. The summed E-state index contributed by atoms with van der Waals surface area (Å²) >= 11 is 0. The number of pyridine rings is 2. The molecule has 0 bridgehead atoms. The van der Waals surface area contributed by atoms with Crippen LogP contribution in [0.5, 0.6) is 5.88 Å². The van der Waals surface area contributed by atoms with E-state index in [1.54, 1.807) is 38.4 Å². The summed E-state index contributed by atoms with van der Waals surface area (Å²) in [6.07, 6.45) is 2.44. The molecule has 0 amide bonds. The van der Waals surface area contributed by atoms with Crippen LogP contribution in [-0.4, -0.2) is 29.4 Å². The molecule has 3 rings (SSSR count). The Balaban J connectivity index is 0.000000402. The van der Waals surface area contributed by atoms with Crippen LogP contribution in [0.2, 0.25) is 0 Å². The van der Waals surface area contributed by atoms with Crippen LogP contribution in [0, 0.1) is 26.6 Å². The molecule has 0 spiro atoms. The summed E-state index contributed by atoms with van der Waals surface area (Å²) in [5.74, 6) is 0.438. The second-order valence-electron chi connectivity index (χ2n) is 7.53. The molecule has 0 saturated heterocycles. The summed E-state index contributed by atoms with van der Waals surface area (Å²) in [6, 6.07) is 10.4. The topological polar surface area (TPSA) is 55.3 Å². The Labute approximate surface area is 204 Å². The lowest BCUT2D eigenvalue weighted by Crippen LogP contribution is -2.20. The highest BCUT2D eigenvalue weighted by Crippen LogP contribution is 2.32. The monoisotopic (exact) mass is 467 g/mol. The van der Waals surface area contributed by atoms with E-state index < -0.39 is 0 Å². The lowest BCUT2D eigenvalue weighted by molar-refractivity contribution is 0.101.